The zero-order valence-electron chi connectivity index (χ0n) is 11.8. The first kappa shape index (κ1) is 14.1. The third-order valence-electron chi connectivity index (χ3n) is 3.03. The van der Waals surface area contributed by atoms with Gasteiger partial charge in [0.1, 0.15) is 0 Å². The summed E-state index contributed by atoms with van der Waals surface area (Å²) in [6, 6.07) is 9.91. The second-order valence-electron chi connectivity index (χ2n) is 4.81. The number of hydrogen-bond acceptors (Lipinski definition) is 3. The van der Waals surface area contributed by atoms with Crippen LogP contribution in [0.15, 0.2) is 42.7 Å². The Balaban J connectivity index is 1.80. The van der Waals surface area contributed by atoms with Gasteiger partial charge in [0.05, 0.1) is 6.54 Å². The van der Waals surface area contributed by atoms with Gasteiger partial charge in [0.2, 0.25) is 5.91 Å². The summed E-state index contributed by atoms with van der Waals surface area (Å²) >= 11 is 0. The van der Waals surface area contributed by atoms with E-state index >= 15 is 0 Å². The number of pyridine rings is 1. The number of carbonyl (C=O) groups excluding carboxylic acids is 1. The quantitative estimate of drug-likeness (QED) is 0.876. The Morgan fingerprint density at radius 2 is 2.10 bits per heavy atom. The van der Waals surface area contributed by atoms with Crippen molar-refractivity contribution >= 4 is 11.6 Å². The van der Waals surface area contributed by atoms with Crippen LogP contribution in [0.5, 0.6) is 0 Å². The highest BCUT2D eigenvalue weighted by Gasteiger charge is 2.03. The molecule has 0 bridgehead atoms. The maximum absolute atomic E-state index is 11.8. The molecule has 20 heavy (non-hydrogen) atoms. The van der Waals surface area contributed by atoms with Gasteiger partial charge in [-0.1, -0.05) is 23.8 Å². The van der Waals surface area contributed by atoms with E-state index < -0.39 is 0 Å². The zero-order valence-corrected chi connectivity index (χ0v) is 11.8. The molecule has 2 aromatic rings. The minimum absolute atomic E-state index is 0.0335. The largest absolute Gasteiger partial charge is 0.376 e. The first-order valence-corrected chi connectivity index (χ1v) is 6.62. The SMILES string of the molecule is Cc1ccc(NCC(=O)NCc2cccnc2)c(C)c1. The third-order valence-corrected chi connectivity index (χ3v) is 3.03. The summed E-state index contributed by atoms with van der Waals surface area (Å²) in [5, 5.41) is 6.01. The van der Waals surface area contributed by atoms with Gasteiger partial charge in [-0.2, -0.15) is 0 Å². The van der Waals surface area contributed by atoms with Gasteiger partial charge in [0.15, 0.2) is 0 Å². The van der Waals surface area contributed by atoms with Gasteiger partial charge in [-0.05, 0) is 37.1 Å². The van der Waals surface area contributed by atoms with Crippen molar-refractivity contribution in [2.24, 2.45) is 0 Å². The number of rotatable bonds is 5. The van der Waals surface area contributed by atoms with E-state index in [1.165, 1.54) is 5.56 Å². The van der Waals surface area contributed by atoms with Crippen LogP contribution in [0.25, 0.3) is 0 Å². The van der Waals surface area contributed by atoms with Crippen LogP contribution in [0, 0.1) is 13.8 Å². The van der Waals surface area contributed by atoms with Crippen molar-refractivity contribution in [2.75, 3.05) is 11.9 Å². The number of carbonyl (C=O) groups is 1. The van der Waals surface area contributed by atoms with Crippen molar-refractivity contribution in [3.63, 3.8) is 0 Å². The zero-order chi connectivity index (χ0) is 14.4. The Morgan fingerprint density at radius 3 is 2.80 bits per heavy atom. The van der Waals surface area contributed by atoms with Crippen molar-refractivity contribution < 1.29 is 4.79 Å². The highest BCUT2D eigenvalue weighted by molar-refractivity contribution is 5.80. The molecule has 1 aromatic carbocycles. The van der Waals surface area contributed by atoms with E-state index in [2.05, 4.69) is 28.6 Å². The summed E-state index contributed by atoms with van der Waals surface area (Å²) in [6.45, 7) is 4.85. The van der Waals surface area contributed by atoms with E-state index in [1.54, 1.807) is 12.4 Å². The number of benzene rings is 1. The fourth-order valence-electron chi connectivity index (χ4n) is 1.95. The van der Waals surface area contributed by atoms with Crippen molar-refractivity contribution in [1.29, 1.82) is 0 Å². The average molecular weight is 269 g/mol. The molecular weight excluding hydrogens is 250 g/mol. The van der Waals surface area contributed by atoms with Gasteiger partial charge in [0, 0.05) is 24.6 Å². The van der Waals surface area contributed by atoms with E-state index in [0.29, 0.717) is 6.54 Å². The van der Waals surface area contributed by atoms with E-state index in [1.807, 2.05) is 31.2 Å². The summed E-state index contributed by atoms with van der Waals surface area (Å²) in [5.74, 6) is -0.0335. The lowest BCUT2D eigenvalue weighted by Gasteiger charge is -2.10. The maximum atomic E-state index is 11.8. The fourth-order valence-corrected chi connectivity index (χ4v) is 1.95. The molecular formula is C16H19N3O. The normalized spacial score (nSPS) is 10.1. The Kier molecular flexibility index (Phi) is 4.71. The number of anilines is 1. The molecule has 2 rings (SSSR count). The second-order valence-corrected chi connectivity index (χ2v) is 4.81. The summed E-state index contributed by atoms with van der Waals surface area (Å²) in [7, 11) is 0. The fraction of sp³-hybridized carbons (Fsp3) is 0.250. The van der Waals surface area contributed by atoms with Crippen LogP contribution < -0.4 is 10.6 Å². The molecule has 1 amide bonds. The monoisotopic (exact) mass is 269 g/mol. The molecule has 1 aromatic heterocycles. The van der Waals surface area contributed by atoms with E-state index in [-0.39, 0.29) is 12.5 Å². The highest BCUT2D eigenvalue weighted by atomic mass is 16.1. The number of hydrogen-bond donors (Lipinski definition) is 2. The lowest BCUT2D eigenvalue weighted by Crippen LogP contribution is -2.29. The van der Waals surface area contributed by atoms with Gasteiger partial charge >= 0.3 is 0 Å². The first-order valence-electron chi connectivity index (χ1n) is 6.62. The third kappa shape index (κ3) is 4.09. The lowest BCUT2D eigenvalue weighted by molar-refractivity contribution is -0.119. The molecule has 104 valence electrons. The van der Waals surface area contributed by atoms with Gasteiger partial charge in [0.25, 0.3) is 0 Å². The Morgan fingerprint density at radius 1 is 1.25 bits per heavy atom. The number of nitrogens with zero attached hydrogens (tertiary/aromatic N) is 1. The van der Waals surface area contributed by atoms with Crippen molar-refractivity contribution in [3.05, 3.63) is 59.4 Å². The lowest BCUT2D eigenvalue weighted by atomic mass is 10.1. The second kappa shape index (κ2) is 6.70. The van der Waals surface area contributed by atoms with Crippen LogP contribution in [0.3, 0.4) is 0 Å². The van der Waals surface area contributed by atoms with E-state index in [0.717, 1.165) is 16.8 Å². The smallest absolute Gasteiger partial charge is 0.239 e. The number of amides is 1. The molecule has 0 spiro atoms. The predicted molar refractivity (Wildman–Crippen MR) is 80.5 cm³/mol. The first-order chi connectivity index (χ1) is 9.65. The van der Waals surface area contributed by atoms with E-state index in [4.69, 9.17) is 0 Å². The minimum atomic E-state index is -0.0335. The molecule has 0 aliphatic rings. The molecule has 4 nitrogen and oxygen atoms in total. The van der Waals surface area contributed by atoms with Crippen LogP contribution in [0.2, 0.25) is 0 Å². The summed E-state index contributed by atoms with van der Waals surface area (Å²) in [4.78, 5) is 15.8. The van der Waals surface area contributed by atoms with Crippen LogP contribution in [-0.2, 0) is 11.3 Å². The highest BCUT2D eigenvalue weighted by Crippen LogP contribution is 2.15. The molecule has 0 saturated heterocycles. The van der Waals surface area contributed by atoms with Crippen LogP contribution in [0.1, 0.15) is 16.7 Å². The Hall–Kier alpha value is -2.36. The average Bonchev–Trinajstić information content (AvgIpc) is 2.45. The molecule has 0 fully saturated rings. The molecule has 4 heteroatoms. The van der Waals surface area contributed by atoms with Crippen LogP contribution >= 0.6 is 0 Å². The molecule has 0 radical (unpaired) electrons. The maximum Gasteiger partial charge on any atom is 0.239 e. The summed E-state index contributed by atoms with van der Waals surface area (Å²) in [5.41, 5.74) is 4.35. The number of nitrogens with one attached hydrogen (secondary N) is 2. The molecule has 0 saturated carbocycles. The summed E-state index contributed by atoms with van der Waals surface area (Å²) in [6.07, 6.45) is 3.46. The molecule has 1 heterocycles. The molecule has 0 unspecified atom stereocenters. The molecule has 0 aliphatic carbocycles. The predicted octanol–water partition coefficient (Wildman–Crippen LogP) is 2.43. The number of aromatic nitrogens is 1. The van der Waals surface area contributed by atoms with Crippen molar-refractivity contribution in [2.45, 2.75) is 20.4 Å². The number of aryl methyl sites for hydroxylation is 2. The van der Waals surface area contributed by atoms with Gasteiger partial charge < -0.3 is 10.6 Å². The summed E-state index contributed by atoms with van der Waals surface area (Å²) < 4.78 is 0. The van der Waals surface area contributed by atoms with Crippen LogP contribution in [-0.4, -0.2) is 17.4 Å². The Bertz CT molecular complexity index is 582. The molecule has 0 atom stereocenters. The van der Waals surface area contributed by atoms with E-state index in [9.17, 15) is 4.79 Å². The standard InChI is InChI=1S/C16H19N3O/c1-12-5-6-15(13(2)8-12)18-11-16(20)19-10-14-4-3-7-17-9-14/h3-9,18H,10-11H2,1-2H3,(H,19,20). The Labute approximate surface area is 119 Å². The van der Waals surface area contributed by atoms with Crippen molar-refractivity contribution in [1.82, 2.24) is 10.3 Å². The van der Waals surface area contributed by atoms with Gasteiger partial charge in [-0.3, -0.25) is 9.78 Å². The van der Waals surface area contributed by atoms with Crippen molar-refractivity contribution in [3.8, 4) is 0 Å². The molecule has 0 aliphatic heterocycles. The molecule has 2 N–H and O–H groups in total. The van der Waals surface area contributed by atoms with Gasteiger partial charge in [-0.15, -0.1) is 0 Å². The minimum Gasteiger partial charge on any atom is -0.376 e. The van der Waals surface area contributed by atoms with Gasteiger partial charge in [-0.25, -0.2) is 0 Å². The van der Waals surface area contributed by atoms with Crippen LogP contribution in [0.4, 0.5) is 5.69 Å². The topological polar surface area (TPSA) is 54.0 Å².